The van der Waals surface area contributed by atoms with Gasteiger partial charge < -0.3 is 15.4 Å². The van der Waals surface area contributed by atoms with Crippen molar-refractivity contribution in [1.29, 1.82) is 0 Å². The Labute approximate surface area is 158 Å². The molecule has 6 nitrogen and oxygen atoms in total. The molecule has 1 unspecified atom stereocenters. The number of fused-ring (bicyclic) bond motifs is 1. The number of rotatable bonds is 3. The molecule has 1 atom stereocenters. The average molecular weight is 409 g/mol. The summed E-state index contributed by atoms with van der Waals surface area (Å²) < 4.78 is 5.71. The largest absolute Gasteiger partial charge is 0.387 e. The average Bonchev–Trinajstić information content (AvgIpc) is 3.22. The Kier molecular flexibility index (Phi) is 5.76. The molecule has 3 heterocycles. The van der Waals surface area contributed by atoms with Gasteiger partial charge in [-0.25, -0.2) is 4.99 Å². The predicted octanol–water partition coefficient (Wildman–Crippen LogP) is 1.75. The molecule has 2 N–H and O–H groups in total. The Hall–Kier alpha value is -1.44. The molecule has 0 spiro atoms. The summed E-state index contributed by atoms with van der Waals surface area (Å²) in [5.74, 6) is 0.715. The van der Waals surface area contributed by atoms with Crippen LogP contribution in [0.2, 0.25) is 0 Å². The van der Waals surface area contributed by atoms with E-state index in [2.05, 4.69) is 9.89 Å². The van der Waals surface area contributed by atoms with Crippen LogP contribution < -0.4 is 5.73 Å². The summed E-state index contributed by atoms with van der Waals surface area (Å²) in [6.45, 7) is 5.27. The van der Waals surface area contributed by atoms with Gasteiger partial charge in [0, 0.05) is 51.3 Å². The number of benzene rings is 1. The standard InChI is InChI=1S/C18H24N4O2.BrH/c19-17-11-13-3-4-14(10-16(13)20-17)18(23)22-7-5-21(6-8-22)12-15-2-1-9-24-15;/h3-4,10,15H,1-2,5-9,11-12H2,(H2,19,20);1H. The van der Waals surface area contributed by atoms with Crippen LogP contribution in [0.3, 0.4) is 0 Å². The van der Waals surface area contributed by atoms with Crippen LogP contribution in [-0.4, -0.2) is 67.0 Å². The number of hydrogen-bond acceptors (Lipinski definition) is 5. The van der Waals surface area contributed by atoms with Crippen molar-refractivity contribution in [3.05, 3.63) is 29.3 Å². The molecule has 0 radical (unpaired) electrons. The lowest BCUT2D eigenvalue weighted by atomic mass is 10.1. The fourth-order valence-electron chi connectivity index (χ4n) is 3.73. The maximum absolute atomic E-state index is 12.7. The molecule has 25 heavy (non-hydrogen) atoms. The van der Waals surface area contributed by atoms with Gasteiger partial charge in [-0.3, -0.25) is 9.69 Å². The van der Waals surface area contributed by atoms with Gasteiger partial charge in [-0.05, 0) is 30.5 Å². The number of carbonyl (C=O) groups excluding carboxylic acids is 1. The molecule has 0 saturated carbocycles. The molecule has 4 rings (SSSR count). The summed E-state index contributed by atoms with van der Waals surface area (Å²) in [5.41, 5.74) is 8.43. The smallest absolute Gasteiger partial charge is 0.254 e. The maximum Gasteiger partial charge on any atom is 0.254 e. The molecule has 3 aliphatic rings. The van der Waals surface area contributed by atoms with Gasteiger partial charge in [-0.1, -0.05) is 6.07 Å². The van der Waals surface area contributed by atoms with Gasteiger partial charge in [0.15, 0.2) is 0 Å². The van der Waals surface area contributed by atoms with Crippen LogP contribution in [-0.2, 0) is 11.2 Å². The van der Waals surface area contributed by atoms with Gasteiger partial charge in [-0.15, -0.1) is 17.0 Å². The van der Waals surface area contributed by atoms with Crippen LogP contribution in [0.15, 0.2) is 23.2 Å². The van der Waals surface area contributed by atoms with Crippen molar-refractivity contribution in [1.82, 2.24) is 9.80 Å². The summed E-state index contributed by atoms with van der Waals surface area (Å²) in [7, 11) is 0. The Morgan fingerprint density at radius 2 is 2.08 bits per heavy atom. The molecule has 7 heteroatoms. The summed E-state index contributed by atoms with van der Waals surface area (Å²) in [6, 6.07) is 5.74. The quantitative estimate of drug-likeness (QED) is 0.826. The lowest BCUT2D eigenvalue weighted by Gasteiger charge is -2.35. The molecule has 2 saturated heterocycles. The number of aliphatic imine (C=N–C) groups is 1. The zero-order valence-electron chi connectivity index (χ0n) is 14.3. The van der Waals surface area contributed by atoms with E-state index in [1.54, 1.807) is 0 Å². The third kappa shape index (κ3) is 4.04. The van der Waals surface area contributed by atoms with Crippen molar-refractivity contribution >= 4 is 34.4 Å². The number of amides is 1. The number of halogens is 1. The van der Waals surface area contributed by atoms with Crippen LogP contribution in [0.25, 0.3) is 0 Å². The van der Waals surface area contributed by atoms with Gasteiger partial charge in [0.1, 0.15) is 5.84 Å². The summed E-state index contributed by atoms with van der Waals surface area (Å²) in [5, 5.41) is 0. The topological polar surface area (TPSA) is 71.2 Å². The van der Waals surface area contributed by atoms with E-state index in [1.165, 1.54) is 6.42 Å². The fraction of sp³-hybridized carbons (Fsp3) is 0.556. The summed E-state index contributed by atoms with van der Waals surface area (Å²) >= 11 is 0. The van der Waals surface area contributed by atoms with E-state index in [1.807, 2.05) is 23.1 Å². The highest BCUT2D eigenvalue weighted by Crippen LogP contribution is 2.27. The van der Waals surface area contributed by atoms with E-state index in [4.69, 9.17) is 10.5 Å². The highest BCUT2D eigenvalue weighted by molar-refractivity contribution is 8.93. The molecule has 136 valence electrons. The monoisotopic (exact) mass is 408 g/mol. The van der Waals surface area contributed by atoms with Crippen molar-refractivity contribution < 1.29 is 9.53 Å². The van der Waals surface area contributed by atoms with Gasteiger partial charge in [0.2, 0.25) is 0 Å². The number of nitrogens with zero attached hydrogens (tertiary/aromatic N) is 3. The molecule has 1 aromatic rings. The first kappa shape index (κ1) is 18.4. The minimum absolute atomic E-state index is 0. The number of piperazine rings is 1. The van der Waals surface area contributed by atoms with Gasteiger partial charge >= 0.3 is 0 Å². The minimum Gasteiger partial charge on any atom is -0.387 e. The molecule has 1 aromatic carbocycles. The predicted molar refractivity (Wildman–Crippen MR) is 103 cm³/mol. The number of amidine groups is 1. The van der Waals surface area contributed by atoms with Crippen molar-refractivity contribution in [2.45, 2.75) is 25.4 Å². The van der Waals surface area contributed by atoms with E-state index in [0.717, 1.165) is 57.0 Å². The second-order valence-corrected chi connectivity index (χ2v) is 6.85. The van der Waals surface area contributed by atoms with Crippen molar-refractivity contribution in [2.24, 2.45) is 10.7 Å². The molecular formula is C18H25BrN4O2. The van der Waals surface area contributed by atoms with Crippen molar-refractivity contribution in [3.63, 3.8) is 0 Å². The first-order valence-corrected chi connectivity index (χ1v) is 8.78. The first-order chi connectivity index (χ1) is 11.7. The second kappa shape index (κ2) is 7.85. The van der Waals surface area contributed by atoms with Crippen LogP contribution in [0, 0.1) is 0 Å². The minimum atomic E-state index is 0. The number of carbonyl (C=O) groups is 1. The first-order valence-electron chi connectivity index (χ1n) is 8.78. The highest BCUT2D eigenvalue weighted by Gasteiger charge is 2.26. The Bertz CT molecular complexity index is 665. The maximum atomic E-state index is 12.7. The Morgan fingerprint density at radius 1 is 1.28 bits per heavy atom. The lowest BCUT2D eigenvalue weighted by molar-refractivity contribution is 0.0433. The van der Waals surface area contributed by atoms with Crippen LogP contribution in [0.4, 0.5) is 5.69 Å². The third-order valence-corrected chi connectivity index (χ3v) is 5.11. The molecule has 0 bridgehead atoms. The third-order valence-electron chi connectivity index (χ3n) is 5.11. The van der Waals surface area contributed by atoms with Crippen molar-refractivity contribution in [2.75, 3.05) is 39.3 Å². The van der Waals surface area contributed by atoms with E-state index < -0.39 is 0 Å². The zero-order chi connectivity index (χ0) is 16.5. The van der Waals surface area contributed by atoms with Gasteiger partial charge in [0.05, 0.1) is 11.8 Å². The van der Waals surface area contributed by atoms with E-state index in [-0.39, 0.29) is 22.9 Å². The zero-order valence-corrected chi connectivity index (χ0v) is 16.0. The molecule has 2 fully saturated rings. The lowest BCUT2D eigenvalue weighted by Crippen LogP contribution is -2.50. The summed E-state index contributed by atoms with van der Waals surface area (Å²) in [4.78, 5) is 21.4. The number of nitrogens with two attached hydrogens (primary N) is 1. The molecular weight excluding hydrogens is 384 g/mol. The molecule has 0 aromatic heterocycles. The molecule has 3 aliphatic heterocycles. The van der Waals surface area contributed by atoms with E-state index in [9.17, 15) is 4.79 Å². The van der Waals surface area contributed by atoms with E-state index >= 15 is 0 Å². The SMILES string of the molecule is Br.NC1=Nc2cc(C(=O)N3CCN(CC4CCCO4)CC3)ccc2C1. The number of ether oxygens (including phenoxy) is 1. The van der Waals surface area contributed by atoms with Gasteiger partial charge in [0.25, 0.3) is 5.91 Å². The van der Waals surface area contributed by atoms with E-state index in [0.29, 0.717) is 23.9 Å². The highest BCUT2D eigenvalue weighted by atomic mass is 79.9. The van der Waals surface area contributed by atoms with Crippen molar-refractivity contribution in [3.8, 4) is 0 Å². The molecule has 0 aliphatic carbocycles. The Balaban J connectivity index is 0.00000182. The van der Waals surface area contributed by atoms with Crippen LogP contribution >= 0.6 is 17.0 Å². The van der Waals surface area contributed by atoms with Gasteiger partial charge in [-0.2, -0.15) is 0 Å². The van der Waals surface area contributed by atoms with Crippen LogP contribution in [0.1, 0.15) is 28.8 Å². The number of hydrogen-bond donors (Lipinski definition) is 1. The molecule has 1 amide bonds. The Morgan fingerprint density at radius 3 is 2.80 bits per heavy atom. The van der Waals surface area contributed by atoms with Crippen LogP contribution in [0.5, 0.6) is 0 Å². The summed E-state index contributed by atoms with van der Waals surface area (Å²) in [6.07, 6.45) is 3.41. The fourth-order valence-corrected chi connectivity index (χ4v) is 3.73. The second-order valence-electron chi connectivity index (χ2n) is 6.85. The normalized spacial score (nSPS) is 23.1.